The summed E-state index contributed by atoms with van der Waals surface area (Å²) in [4.78, 5) is 35.0. The van der Waals surface area contributed by atoms with Gasteiger partial charge in [-0.15, -0.1) is 0 Å². The van der Waals surface area contributed by atoms with Crippen LogP contribution >= 0.6 is 11.6 Å². The van der Waals surface area contributed by atoms with Crippen molar-refractivity contribution >= 4 is 29.6 Å². The summed E-state index contributed by atoms with van der Waals surface area (Å²) in [7, 11) is 0. The standard InChI is InChI=1S/C19H26ClNO6/c1-3-6-16(22)26-18(7-4-2)27-19(24)21-13-5-8-17(23)25-15-11-9-14(20)10-12-15/h9-12,18H,3-8,13H2,1-2H3,(H,21,24)/t18-/m0/s1. The molecule has 0 fully saturated rings. The van der Waals surface area contributed by atoms with E-state index in [1.807, 2.05) is 13.8 Å². The molecule has 0 aromatic heterocycles. The molecule has 0 aliphatic heterocycles. The van der Waals surface area contributed by atoms with Crippen LogP contribution in [0.25, 0.3) is 0 Å². The second-order valence-electron chi connectivity index (χ2n) is 5.82. The van der Waals surface area contributed by atoms with E-state index in [1.54, 1.807) is 24.3 Å². The van der Waals surface area contributed by atoms with Crippen LogP contribution in [0.4, 0.5) is 4.79 Å². The molecule has 0 spiro atoms. The van der Waals surface area contributed by atoms with Gasteiger partial charge in [0.2, 0.25) is 6.29 Å². The first-order chi connectivity index (χ1) is 12.9. The second kappa shape index (κ2) is 13.0. The molecule has 7 nitrogen and oxygen atoms in total. The lowest BCUT2D eigenvalue weighted by atomic mass is 10.3. The molecule has 1 aromatic carbocycles. The number of amides is 1. The lowest BCUT2D eigenvalue weighted by molar-refractivity contribution is -0.168. The van der Waals surface area contributed by atoms with Gasteiger partial charge in [-0.05, 0) is 43.5 Å². The molecule has 0 radical (unpaired) electrons. The zero-order valence-electron chi connectivity index (χ0n) is 15.7. The largest absolute Gasteiger partial charge is 0.427 e. The zero-order chi connectivity index (χ0) is 20.1. The molecule has 0 bridgehead atoms. The SMILES string of the molecule is CCCC(=O)O[C@H](CCC)OC(=O)NCCCC(=O)Oc1ccc(Cl)cc1. The third-order valence-electron chi connectivity index (χ3n) is 3.35. The summed E-state index contributed by atoms with van der Waals surface area (Å²) in [5.41, 5.74) is 0. The molecule has 1 aromatic rings. The molecule has 0 aliphatic rings. The Kier molecular flexibility index (Phi) is 10.9. The van der Waals surface area contributed by atoms with Gasteiger partial charge in [0.15, 0.2) is 0 Å². The summed E-state index contributed by atoms with van der Waals surface area (Å²) in [6, 6.07) is 6.46. The van der Waals surface area contributed by atoms with E-state index in [1.165, 1.54) is 0 Å². The summed E-state index contributed by atoms with van der Waals surface area (Å²) >= 11 is 5.76. The number of benzene rings is 1. The number of hydrogen-bond acceptors (Lipinski definition) is 6. The van der Waals surface area contributed by atoms with Crippen molar-refractivity contribution in [2.45, 2.75) is 58.7 Å². The van der Waals surface area contributed by atoms with E-state index in [9.17, 15) is 14.4 Å². The Balaban J connectivity index is 2.25. The maximum absolute atomic E-state index is 11.8. The summed E-state index contributed by atoms with van der Waals surface area (Å²) in [5.74, 6) is -0.397. The number of ether oxygens (including phenoxy) is 3. The molecule has 0 saturated carbocycles. The van der Waals surface area contributed by atoms with Crippen LogP contribution in [-0.2, 0) is 19.1 Å². The number of nitrogens with one attached hydrogen (secondary N) is 1. The highest BCUT2D eigenvalue weighted by Crippen LogP contribution is 2.16. The molecule has 1 amide bonds. The number of hydrogen-bond donors (Lipinski definition) is 1. The highest BCUT2D eigenvalue weighted by Gasteiger charge is 2.17. The Morgan fingerprint density at radius 3 is 2.33 bits per heavy atom. The number of alkyl carbamates (subject to hydrolysis) is 1. The summed E-state index contributed by atoms with van der Waals surface area (Å²) in [5, 5.41) is 3.08. The second-order valence-corrected chi connectivity index (χ2v) is 6.26. The predicted octanol–water partition coefficient (Wildman–Crippen LogP) is 4.22. The van der Waals surface area contributed by atoms with Crippen molar-refractivity contribution in [3.05, 3.63) is 29.3 Å². The molecule has 0 aliphatic carbocycles. The Labute approximate surface area is 164 Å². The van der Waals surface area contributed by atoms with Crippen LogP contribution in [0.5, 0.6) is 5.75 Å². The number of carbonyl (C=O) groups is 3. The van der Waals surface area contributed by atoms with Gasteiger partial charge < -0.3 is 19.5 Å². The monoisotopic (exact) mass is 399 g/mol. The average molecular weight is 400 g/mol. The van der Waals surface area contributed by atoms with Crippen molar-refractivity contribution < 1.29 is 28.6 Å². The molecular weight excluding hydrogens is 374 g/mol. The number of esters is 2. The molecule has 150 valence electrons. The van der Waals surface area contributed by atoms with E-state index in [2.05, 4.69) is 5.32 Å². The fourth-order valence-corrected chi connectivity index (χ4v) is 2.18. The molecule has 1 N–H and O–H groups in total. The van der Waals surface area contributed by atoms with Gasteiger partial charge >= 0.3 is 18.0 Å². The van der Waals surface area contributed by atoms with Gasteiger partial charge in [-0.3, -0.25) is 9.59 Å². The van der Waals surface area contributed by atoms with Gasteiger partial charge in [0.1, 0.15) is 5.75 Å². The number of rotatable bonds is 11. The van der Waals surface area contributed by atoms with E-state index in [0.717, 1.165) is 0 Å². The third-order valence-corrected chi connectivity index (χ3v) is 3.60. The Morgan fingerprint density at radius 2 is 1.70 bits per heavy atom. The topological polar surface area (TPSA) is 90.9 Å². The summed E-state index contributed by atoms with van der Waals surface area (Å²) in [6.45, 7) is 3.99. The van der Waals surface area contributed by atoms with E-state index in [-0.39, 0.29) is 19.4 Å². The van der Waals surface area contributed by atoms with Crippen LogP contribution in [0, 0.1) is 0 Å². The smallest absolute Gasteiger partial charge is 0.410 e. The fourth-order valence-electron chi connectivity index (χ4n) is 2.06. The molecule has 0 unspecified atom stereocenters. The maximum Gasteiger partial charge on any atom is 0.410 e. The van der Waals surface area contributed by atoms with E-state index in [4.69, 9.17) is 25.8 Å². The fraction of sp³-hybridized carbons (Fsp3) is 0.526. The van der Waals surface area contributed by atoms with Gasteiger partial charge in [-0.25, -0.2) is 4.79 Å². The van der Waals surface area contributed by atoms with Crippen molar-refractivity contribution in [1.82, 2.24) is 5.32 Å². The van der Waals surface area contributed by atoms with E-state index < -0.39 is 24.3 Å². The third kappa shape index (κ3) is 10.5. The van der Waals surface area contributed by atoms with Crippen LogP contribution in [0.1, 0.15) is 52.4 Å². The van der Waals surface area contributed by atoms with Crippen LogP contribution in [0.3, 0.4) is 0 Å². The normalized spacial score (nSPS) is 11.4. The van der Waals surface area contributed by atoms with Gasteiger partial charge in [-0.1, -0.05) is 25.4 Å². The van der Waals surface area contributed by atoms with Crippen LogP contribution in [0.2, 0.25) is 5.02 Å². The number of halogens is 1. The Bertz CT molecular complexity index is 605. The zero-order valence-corrected chi connectivity index (χ0v) is 16.4. The van der Waals surface area contributed by atoms with Gasteiger partial charge in [-0.2, -0.15) is 0 Å². The van der Waals surface area contributed by atoms with Crippen LogP contribution in [0.15, 0.2) is 24.3 Å². The first kappa shape index (κ1) is 22.8. The first-order valence-corrected chi connectivity index (χ1v) is 9.42. The molecular formula is C19H26ClNO6. The minimum absolute atomic E-state index is 0.132. The van der Waals surface area contributed by atoms with Gasteiger partial charge in [0.25, 0.3) is 0 Å². The number of carbonyl (C=O) groups excluding carboxylic acids is 3. The van der Waals surface area contributed by atoms with Crippen molar-refractivity contribution in [2.24, 2.45) is 0 Å². The Morgan fingerprint density at radius 1 is 1.00 bits per heavy atom. The Hall–Kier alpha value is -2.28. The molecule has 8 heteroatoms. The van der Waals surface area contributed by atoms with Gasteiger partial charge in [0.05, 0.1) is 0 Å². The highest BCUT2D eigenvalue weighted by atomic mass is 35.5. The lowest BCUT2D eigenvalue weighted by Crippen LogP contribution is -2.32. The van der Waals surface area contributed by atoms with Gasteiger partial charge in [0, 0.05) is 30.8 Å². The van der Waals surface area contributed by atoms with Crippen molar-refractivity contribution in [3.63, 3.8) is 0 Å². The molecule has 0 heterocycles. The maximum atomic E-state index is 11.8. The summed E-state index contributed by atoms with van der Waals surface area (Å²) in [6.07, 6.45) is 0.997. The van der Waals surface area contributed by atoms with Crippen LogP contribution < -0.4 is 10.1 Å². The molecule has 0 saturated heterocycles. The van der Waals surface area contributed by atoms with Crippen molar-refractivity contribution in [3.8, 4) is 5.75 Å². The highest BCUT2D eigenvalue weighted by molar-refractivity contribution is 6.30. The first-order valence-electron chi connectivity index (χ1n) is 9.04. The van der Waals surface area contributed by atoms with E-state index >= 15 is 0 Å². The molecule has 1 atom stereocenters. The van der Waals surface area contributed by atoms with Crippen LogP contribution in [-0.4, -0.2) is 30.9 Å². The average Bonchev–Trinajstić information content (AvgIpc) is 2.61. The predicted molar refractivity (Wildman–Crippen MR) is 101 cm³/mol. The van der Waals surface area contributed by atoms with Crippen molar-refractivity contribution in [1.29, 1.82) is 0 Å². The minimum Gasteiger partial charge on any atom is -0.427 e. The lowest BCUT2D eigenvalue weighted by Gasteiger charge is -2.17. The molecule has 27 heavy (non-hydrogen) atoms. The minimum atomic E-state index is -0.899. The van der Waals surface area contributed by atoms with Crippen molar-refractivity contribution in [2.75, 3.05) is 6.54 Å². The quantitative estimate of drug-likeness (QED) is 0.259. The van der Waals surface area contributed by atoms with E-state index in [0.29, 0.717) is 36.5 Å². The molecule has 1 rings (SSSR count). The summed E-state index contributed by atoms with van der Waals surface area (Å²) < 4.78 is 15.4.